The van der Waals surface area contributed by atoms with E-state index in [0.717, 1.165) is 25.7 Å². The summed E-state index contributed by atoms with van der Waals surface area (Å²) in [6.45, 7) is 2.37. The normalized spacial score (nSPS) is 23.6. The Balaban J connectivity index is 1.90. The van der Waals surface area contributed by atoms with Crippen LogP contribution in [-0.2, 0) is 9.53 Å². The molecule has 96 valence electrons. The van der Waals surface area contributed by atoms with E-state index in [2.05, 4.69) is 32.1 Å². The van der Waals surface area contributed by atoms with Gasteiger partial charge in [0.1, 0.15) is 7.85 Å². The largest absolute Gasteiger partial charge is 0.466 e. The summed E-state index contributed by atoms with van der Waals surface area (Å²) in [5.41, 5.74) is 2.72. The molecule has 0 amide bonds. The summed E-state index contributed by atoms with van der Waals surface area (Å²) >= 11 is 0. The molecule has 2 rings (SSSR count). The lowest BCUT2D eigenvalue weighted by Crippen LogP contribution is -2.23. The monoisotopic (exact) mass is 244 g/mol. The SMILES string of the molecule is Bc1ccc(C2CCC(C(=O)OCC)CC2)cc1. The van der Waals surface area contributed by atoms with Crippen LogP contribution in [0.4, 0.5) is 0 Å². The first kappa shape index (κ1) is 13.2. The summed E-state index contributed by atoms with van der Waals surface area (Å²) in [5, 5.41) is 0. The summed E-state index contributed by atoms with van der Waals surface area (Å²) in [6, 6.07) is 8.80. The Kier molecular flexibility index (Phi) is 4.46. The van der Waals surface area contributed by atoms with Crippen LogP contribution >= 0.6 is 0 Å². The molecule has 0 N–H and O–H groups in total. The van der Waals surface area contributed by atoms with Gasteiger partial charge in [0.15, 0.2) is 0 Å². The van der Waals surface area contributed by atoms with Crippen LogP contribution in [0.2, 0.25) is 0 Å². The Morgan fingerprint density at radius 1 is 1.22 bits per heavy atom. The van der Waals surface area contributed by atoms with Crippen molar-refractivity contribution in [3.63, 3.8) is 0 Å². The zero-order chi connectivity index (χ0) is 13.0. The molecule has 1 fully saturated rings. The minimum absolute atomic E-state index is 0.000133. The minimum Gasteiger partial charge on any atom is -0.466 e. The van der Waals surface area contributed by atoms with Crippen LogP contribution < -0.4 is 5.46 Å². The molecular weight excluding hydrogens is 223 g/mol. The van der Waals surface area contributed by atoms with E-state index >= 15 is 0 Å². The van der Waals surface area contributed by atoms with Crippen LogP contribution in [0.5, 0.6) is 0 Å². The highest BCUT2D eigenvalue weighted by Crippen LogP contribution is 2.35. The second-order valence-electron chi connectivity index (χ2n) is 5.21. The number of benzene rings is 1. The molecule has 0 radical (unpaired) electrons. The molecule has 0 saturated heterocycles. The molecule has 1 aliphatic rings. The molecule has 3 heteroatoms. The van der Waals surface area contributed by atoms with Crippen molar-refractivity contribution in [3.05, 3.63) is 29.8 Å². The van der Waals surface area contributed by atoms with Gasteiger partial charge in [0, 0.05) is 0 Å². The van der Waals surface area contributed by atoms with E-state index < -0.39 is 0 Å². The first-order chi connectivity index (χ1) is 8.70. The number of hydrogen-bond donors (Lipinski definition) is 0. The molecule has 0 atom stereocenters. The fraction of sp³-hybridized carbons (Fsp3) is 0.533. The number of hydrogen-bond acceptors (Lipinski definition) is 2. The molecule has 0 aliphatic heterocycles. The van der Waals surface area contributed by atoms with Gasteiger partial charge in [-0.3, -0.25) is 4.79 Å². The van der Waals surface area contributed by atoms with Crippen LogP contribution in [0.3, 0.4) is 0 Å². The fourth-order valence-electron chi connectivity index (χ4n) is 2.76. The predicted molar refractivity (Wildman–Crippen MR) is 76.0 cm³/mol. The van der Waals surface area contributed by atoms with Crippen LogP contribution in [0, 0.1) is 5.92 Å². The Morgan fingerprint density at radius 2 is 1.83 bits per heavy atom. The van der Waals surface area contributed by atoms with E-state index in [1.165, 1.54) is 11.0 Å². The zero-order valence-corrected chi connectivity index (χ0v) is 11.3. The highest BCUT2D eigenvalue weighted by molar-refractivity contribution is 6.32. The summed E-state index contributed by atoms with van der Waals surface area (Å²) in [4.78, 5) is 11.7. The predicted octanol–water partition coefficient (Wildman–Crippen LogP) is 1.78. The minimum atomic E-state index is -0.000133. The topological polar surface area (TPSA) is 26.3 Å². The van der Waals surface area contributed by atoms with Gasteiger partial charge in [0.25, 0.3) is 0 Å². The van der Waals surface area contributed by atoms with Gasteiger partial charge >= 0.3 is 5.97 Å². The van der Waals surface area contributed by atoms with Crippen molar-refractivity contribution in [1.29, 1.82) is 0 Å². The molecule has 0 aromatic heterocycles. The number of esters is 1. The molecule has 1 saturated carbocycles. The summed E-state index contributed by atoms with van der Waals surface area (Å²) in [5.74, 6) is 0.753. The summed E-state index contributed by atoms with van der Waals surface area (Å²) in [6.07, 6.45) is 4.15. The van der Waals surface area contributed by atoms with Crippen molar-refractivity contribution in [2.24, 2.45) is 5.92 Å². The molecule has 0 spiro atoms. The standard InChI is InChI=1S/C15H21BO2/c1-2-18-15(17)13-5-3-11(4-6-13)12-7-9-14(16)10-8-12/h7-11,13H,2-6,16H2,1H3. The fourth-order valence-corrected chi connectivity index (χ4v) is 2.76. The molecule has 2 nitrogen and oxygen atoms in total. The van der Waals surface area contributed by atoms with Crippen molar-refractivity contribution >= 4 is 19.3 Å². The van der Waals surface area contributed by atoms with Crippen molar-refractivity contribution < 1.29 is 9.53 Å². The van der Waals surface area contributed by atoms with Gasteiger partial charge < -0.3 is 4.74 Å². The van der Waals surface area contributed by atoms with Crippen LogP contribution in [-0.4, -0.2) is 20.4 Å². The second kappa shape index (κ2) is 6.08. The van der Waals surface area contributed by atoms with E-state index in [4.69, 9.17) is 4.74 Å². The molecule has 1 aromatic carbocycles. The maximum atomic E-state index is 11.7. The van der Waals surface area contributed by atoms with E-state index in [0.29, 0.717) is 12.5 Å². The van der Waals surface area contributed by atoms with Gasteiger partial charge in [-0.1, -0.05) is 29.7 Å². The van der Waals surface area contributed by atoms with E-state index in [-0.39, 0.29) is 11.9 Å². The Labute approximate surface area is 110 Å². The Hall–Kier alpha value is -1.25. The average molecular weight is 244 g/mol. The molecule has 0 unspecified atom stereocenters. The lowest BCUT2D eigenvalue weighted by molar-refractivity contribution is -0.149. The van der Waals surface area contributed by atoms with Crippen LogP contribution in [0.1, 0.15) is 44.1 Å². The molecule has 1 aromatic rings. The first-order valence-electron chi connectivity index (χ1n) is 6.94. The van der Waals surface area contributed by atoms with Gasteiger partial charge in [0.2, 0.25) is 0 Å². The van der Waals surface area contributed by atoms with Crippen molar-refractivity contribution in [2.75, 3.05) is 6.61 Å². The molecule has 0 bridgehead atoms. The third-order valence-electron chi connectivity index (χ3n) is 3.90. The molecule has 1 aliphatic carbocycles. The van der Waals surface area contributed by atoms with E-state index in [1.54, 1.807) is 0 Å². The highest BCUT2D eigenvalue weighted by Gasteiger charge is 2.27. The molecule has 18 heavy (non-hydrogen) atoms. The van der Waals surface area contributed by atoms with Crippen molar-refractivity contribution in [1.82, 2.24) is 0 Å². The van der Waals surface area contributed by atoms with E-state index in [1.807, 2.05) is 6.92 Å². The summed E-state index contributed by atoms with van der Waals surface area (Å²) in [7, 11) is 2.11. The van der Waals surface area contributed by atoms with Crippen molar-refractivity contribution in [3.8, 4) is 0 Å². The van der Waals surface area contributed by atoms with Gasteiger partial charge in [-0.25, -0.2) is 0 Å². The lowest BCUT2D eigenvalue weighted by atomic mass is 9.78. The second-order valence-corrected chi connectivity index (χ2v) is 5.21. The highest BCUT2D eigenvalue weighted by atomic mass is 16.5. The van der Waals surface area contributed by atoms with Gasteiger partial charge in [-0.15, -0.1) is 0 Å². The number of ether oxygens (including phenoxy) is 1. The Bertz CT molecular complexity index is 391. The third kappa shape index (κ3) is 3.15. The maximum Gasteiger partial charge on any atom is 0.308 e. The maximum absolute atomic E-state index is 11.7. The summed E-state index contributed by atoms with van der Waals surface area (Å²) < 4.78 is 5.10. The molecule has 0 heterocycles. The molecular formula is C15H21BO2. The van der Waals surface area contributed by atoms with E-state index in [9.17, 15) is 4.79 Å². The number of carbonyl (C=O) groups excluding carboxylic acids is 1. The van der Waals surface area contributed by atoms with Gasteiger partial charge in [-0.05, 0) is 44.1 Å². The lowest BCUT2D eigenvalue weighted by Gasteiger charge is -2.27. The van der Waals surface area contributed by atoms with Crippen LogP contribution in [0.15, 0.2) is 24.3 Å². The third-order valence-corrected chi connectivity index (χ3v) is 3.90. The van der Waals surface area contributed by atoms with Gasteiger partial charge in [0.05, 0.1) is 12.5 Å². The number of carbonyl (C=O) groups is 1. The number of rotatable bonds is 3. The first-order valence-corrected chi connectivity index (χ1v) is 6.94. The quantitative estimate of drug-likeness (QED) is 0.598. The Morgan fingerprint density at radius 3 is 2.39 bits per heavy atom. The van der Waals surface area contributed by atoms with Crippen molar-refractivity contribution in [2.45, 2.75) is 38.5 Å². The average Bonchev–Trinajstić information content (AvgIpc) is 2.40. The van der Waals surface area contributed by atoms with Crippen LogP contribution in [0.25, 0.3) is 0 Å². The smallest absolute Gasteiger partial charge is 0.308 e. The van der Waals surface area contributed by atoms with Gasteiger partial charge in [-0.2, -0.15) is 0 Å². The zero-order valence-electron chi connectivity index (χ0n) is 11.3.